The molecule has 58 valence electrons. The van der Waals surface area contributed by atoms with E-state index in [1.165, 1.54) is 0 Å². The van der Waals surface area contributed by atoms with E-state index in [1.807, 2.05) is 0 Å². The molecule has 0 unspecified atom stereocenters. The van der Waals surface area contributed by atoms with Crippen LogP contribution in [0, 0.1) is 11.5 Å². The van der Waals surface area contributed by atoms with Gasteiger partial charge in [0.1, 0.15) is 14.2 Å². The summed E-state index contributed by atoms with van der Waals surface area (Å²) in [6, 6.07) is 0. The van der Waals surface area contributed by atoms with Gasteiger partial charge in [0, 0.05) is 5.33 Å². The monoisotopic (exact) mass is 220 g/mol. The van der Waals surface area contributed by atoms with E-state index in [4.69, 9.17) is 5.11 Å². The topological polar surface area (TPSA) is 20.2 Å². The average molecular weight is 221 g/mol. The van der Waals surface area contributed by atoms with Crippen LogP contribution < -0.4 is 0 Å². The summed E-state index contributed by atoms with van der Waals surface area (Å²) in [6.07, 6.45) is -0.494. The maximum atomic E-state index is 9.02. The lowest BCUT2D eigenvalue weighted by Crippen LogP contribution is -2.18. The average Bonchev–Trinajstić information content (AvgIpc) is 1.81. The van der Waals surface area contributed by atoms with E-state index in [1.54, 1.807) is 0 Å². The Balaban J connectivity index is 3.91. The zero-order chi connectivity index (χ0) is 8.20. The normalized spacial score (nSPS) is 13.7. The molecule has 10 heavy (non-hydrogen) atoms. The predicted molar refractivity (Wildman–Crippen MR) is 50.9 cm³/mol. The molecule has 0 aliphatic heterocycles. The van der Waals surface area contributed by atoms with E-state index >= 15 is 0 Å². The van der Waals surface area contributed by atoms with Gasteiger partial charge in [-0.05, 0) is 0 Å². The van der Waals surface area contributed by atoms with Crippen molar-refractivity contribution in [1.29, 1.82) is 0 Å². The largest absolute Gasteiger partial charge is 0.380 e. The molecule has 0 aliphatic carbocycles. The van der Waals surface area contributed by atoms with Crippen LogP contribution in [0.1, 0.15) is 0 Å². The zero-order valence-electron chi connectivity index (χ0n) is 6.61. The van der Waals surface area contributed by atoms with Gasteiger partial charge in [0.2, 0.25) is 0 Å². The third-order valence-electron chi connectivity index (χ3n) is 0.760. The van der Waals surface area contributed by atoms with Crippen LogP contribution in [-0.4, -0.2) is 24.6 Å². The summed E-state index contributed by atoms with van der Waals surface area (Å²) in [4.78, 5) is 0. The summed E-state index contributed by atoms with van der Waals surface area (Å²) < 4.78 is 0. The Labute approximate surface area is 72.0 Å². The van der Waals surface area contributed by atoms with E-state index < -0.39 is 14.2 Å². The Kier molecular flexibility index (Phi) is 4.26. The summed E-state index contributed by atoms with van der Waals surface area (Å²) in [5, 5.41) is 9.57. The molecule has 0 spiro atoms. The fraction of sp³-hybridized carbons (Fsp3) is 0.714. The number of aliphatic hydroxyl groups is 1. The summed E-state index contributed by atoms with van der Waals surface area (Å²) in [5.41, 5.74) is 3.08. The maximum absolute atomic E-state index is 9.02. The minimum atomic E-state index is -1.28. The molecule has 1 N–H and O–H groups in total. The van der Waals surface area contributed by atoms with Crippen LogP contribution >= 0.6 is 15.9 Å². The van der Waals surface area contributed by atoms with E-state index in [-0.39, 0.29) is 0 Å². The second kappa shape index (κ2) is 4.17. The SMILES string of the molecule is C[Si](C)(C)C#C[C@H](O)CBr. The van der Waals surface area contributed by atoms with Gasteiger partial charge in [-0.3, -0.25) is 0 Å². The molecule has 0 fully saturated rings. The van der Waals surface area contributed by atoms with Crippen LogP contribution in [0.2, 0.25) is 19.6 Å². The Bertz CT molecular complexity index is 151. The number of hydrogen-bond acceptors (Lipinski definition) is 1. The lowest BCUT2D eigenvalue weighted by atomic mass is 10.4. The second-order valence-corrected chi connectivity index (χ2v) is 8.59. The van der Waals surface area contributed by atoms with E-state index in [0.29, 0.717) is 5.33 Å². The quantitative estimate of drug-likeness (QED) is 0.405. The summed E-state index contributed by atoms with van der Waals surface area (Å²) in [6.45, 7) is 6.46. The van der Waals surface area contributed by atoms with E-state index in [9.17, 15) is 0 Å². The van der Waals surface area contributed by atoms with E-state index in [0.717, 1.165) is 0 Å². The first kappa shape index (κ1) is 10.2. The van der Waals surface area contributed by atoms with Crippen molar-refractivity contribution in [1.82, 2.24) is 0 Å². The lowest BCUT2D eigenvalue weighted by molar-refractivity contribution is 0.259. The second-order valence-electron chi connectivity index (χ2n) is 3.19. The molecule has 3 heteroatoms. The smallest absolute Gasteiger partial charge is 0.129 e. The van der Waals surface area contributed by atoms with Crippen LogP contribution in [0.4, 0.5) is 0 Å². The van der Waals surface area contributed by atoms with Gasteiger partial charge >= 0.3 is 0 Å². The van der Waals surface area contributed by atoms with Gasteiger partial charge in [0.05, 0.1) is 0 Å². The molecule has 1 nitrogen and oxygen atoms in total. The standard InChI is InChI=1S/C7H13BrOSi/c1-10(2,3)5-4-7(9)6-8/h7,9H,6H2,1-3H3/t7-/m0/s1. The van der Waals surface area contributed by atoms with Gasteiger partial charge in [-0.1, -0.05) is 41.5 Å². The van der Waals surface area contributed by atoms with Gasteiger partial charge in [-0.25, -0.2) is 0 Å². The first-order chi connectivity index (χ1) is 4.45. The molecular formula is C7H13BrOSi. The van der Waals surface area contributed by atoms with Crippen molar-refractivity contribution in [3.05, 3.63) is 0 Å². The molecular weight excluding hydrogens is 208 g/mol. The van der Waals surface area contributed by atoms with Crippen molar-refractivity contribution in [2.75, 3.05) is 5.33 Å². The number of aliphatic hydroxyl groups excluding tert-OH is 1. The third-order valence-corrected chi connectivity index (χ3v) is 2.27. The van der Waals surface area contributed by atoms with Gasteiger partial charge in [-0.15, -0.1) is 5.54 Å². The van der Waals surface area contributed by atoms with Crippen LogP contribution in [0.25, 0.3) is 0 Å². The molecule has 0 aromatic rings. The molecule has 0 amide bonds. The predicted octanol–water partition coefficient (Wildman–Crippen LogP) is 1.62. The molecule has 0 radical (unpaired) electrons. The molecule has 0 heterocycles. The number of halogens is 1. The van der Waals surface area contributed by atoms with Crippen LogP contribution in [0.15, 0.2) is 0 Å². The minimum Gasteiger partial charge on any atom is -0.380 e. The Morgan fingerprint density at radius 2 is 2.00 bits per heavy atom. The van der Waals surface area contributed by atoms with Gasteiger partial charge in [0.25, 0.3) is 0 Å². The van der Waals surface area contributed by atoms with Crippen molar-refractivity contribution in [3.63, 3.8) is 0 Å². The molecule has 0 saturated heterocycles. The fourth-order valence-electron chi connectivity index (χ4n) is 0.338. The van der Waals surface area contributed by atoms with Crippen molar-refractivity contribution in [2.24, 2.45) is 0 Å². The molecule has 0 bridgehead atoms. The van der Waals surface area contributed by atoms with E-state index in [2.05, 4.69) is 47.0 Å². The van der Waals surface area contributed by atoms with Crippen molar-refractivity contribution >= 4 is 24.0 Å². The van der Waals surface area contributed by atoms with Crippen LogP contribution in [-0.2, 0) is 0 Å². The highest BCUT2D eigenvalue weighted by Gasteiger charge is 2.07. The maximum Gasteiger partial charge on any atom is 0.129 e. The van der Waals surface area contributed by atoms with Gasteiger partial charge < -0.3 is 5.11 Å². The minimum absolute atomic E-state index is 0.494. The third kappa shape index (κ3) is 6.34. The highest BCUT2D eigenvalue weighted by molar-refractivity contribution is 9.09. The first-order valence-corrected chi connectivity index (χ1v) is 7.84. The molecule has 0 saturated carbocycles. The Hall–Kier alpha value is 0.217. The first-order valence-electron chi connectivity index (χ1n) is 3.22. The summed E-state index contributed by atoms with van der Waals surface area (Å²) in [7, 11) is -1.28. The fourth-order valence-corrected chi connectivity index (χ4v) is 1.10. The van der Waals surface area contributed by atoms with Crippen molar-refractivity contribution in [2.45, 2.75) is 25.7 Å². The molecule has 0 aliphatic rings. The zero-order valence-corrected chi connectivity index (χ0v) is 9.20. The van der Waals surface area contributed by atoms with Crippen molar-refractivity contribution in [3.8, 4) is 11.5 Å². The summed E-state index contributed by atoms with van der Waals surface area (Å²) >= 11 is 3.15. The van der Waals surface area contributed by atoms with Crippen LogP contribution in [0.3, 0.4) is 0 Å². The summed E-state index contributed by atoms with van der Waals surface area (Å²) in [5.74, 6) is 2.79. The number of rotatable bonds is 1. The molecule has 0 aromatic carbocycles. The highest BCUT2D eigenvalue weighted by Crippen LogP contribution is 1.97. The molecule has 0 aromatic heterocycles. The van der Waals surface area contributed by atoms with Gasteiger partial charge in [-0.2, -0.15) is 0 Å². The number of alkyl halides is 1. The lowest BCUT2D eigenvalue weighted by Gasteiger charge is -2.04. The highest BCUT2D eigenvalue weighted by atomic mass is 79.9. The molecule has 1 atom stereocenters. The molecule has 0 rings (SSSR count). The van der Waals surface area contributed by atoms with Crippen LogP contribution in [0.5, 0.6) is 0 Å². The van der Waals surface area contributed by atoms with Crippen molar-refractivity contribution < 1.29 is 5.11 Å². The van der Waals surface area contributed by atoms with Gasteiger partial charge in [0.15, 0.2) is 0 Å². The number of hydrogen-bond donors (Lipinski definition) is 1. The Morgan fingerprint density at radius 3 is 2.30 bits per heavy atom. The Morgan fingerprint density at radius 1 is 1.50 bits per heavy atom.